The minimum Gasteiger partial charge on any atom is -0.465 e. The van der Waals surface area contributed by atoms with Crippen LogP contribution in [-0.4, -0.2) is 60.4 Å². The SMILES string of the molecule is COC(=O)c1ccc(C)c(NC(=O)c2cc(N3CCC(OS(C)(C)C(C)(C)C)CC3)nc3ccccc23)c1. The topological polar surface area (TPSA) is 80.8 Å². The van der Waals surface area contributed by atoms with Crippen LogP contribution < -0.4 is 10.2 Å². The first-order chi connectivity index (χ1) is 17.9. The van der Waals surface area contributed by atoms with Crippen LogP contribution in [0.3, 0.4) is 0 Å². The molecule has 2 heterocycles. The standard InChI is InChI=1S/C30H39N3O4S/c1-20-12-13-21(29(35)36-5)18-26(20)32-28(34)24-19-27(31-25-11-9-8-10-23(24)25)33-16-14-22(15-17-33)37-38(6,7)30(2,3)4/h8-13,18-19,22H,14-17H2,1-7H3,(H,32,34). The summed E-state index contributed by atoms with van der Waals surface area (Å²) in [6.07, 6.45) is 6.56. The Balaban J connectivity index is 1.57. The van der Waals surface area contributed by atoms with Gasteiger partial charge in [0.15, 0.2) is 0 Å². The van der Waals surface area contributed by atoms with Gasteiger partial charge in [-0.3, -0.25) is 4.79 Å². The molecule has 1 N–H and O–H groups in total. The number of esters is 1. The van der Waals surface area contributed by atoms with E-state index >= 15 is 0 Å². The van der Waals surface area contributed by atoms with Crippen LogP contribution in [0.1, 0.15) is 59.9 Å². The van der Waals surface area contributed by atoms with Gasteiger partial charge in [0.2, 0.25) is 0 Å². The Hall–Kier alpha value is -3.10. The Labute approximate surface area is 227 Å². The average molecular weight is 538 g/mol. The summed E-state index contributed by atoms with van der Waals surface area (Å²) < 4.78 is 11.6. The normalized spacial score (nSPS) is 15.4. The van der Waals surface area contributed by atoms with Gasteiger partial charge in [-0.2, -0.15) is 0 Å². The van der Waals surface area contributed by atoms with Crippen molar-refractivity contribution in [1.82, 2.24) is 4.98 Å². The summed E-state index contributed by atoms with van der Waals surface area (Å²) in [7, 11) is 0.154. The monoisotopic (exact) mass is 537 g/mol. The number of amides is 1. The molecule has 1 saturated heterocycles. The second-order valence-corrected chi connectivity index (χ2v) is 15.0. The summed E-state index contributed by atoms with van der Waals surface area (Å²) in [6.45, 7) is 10.3. The lowest BCUT2D eigenvalue weighted by Gasteiger charge is -2.47. The predicted molar refractivity (Wildman–Crippen MR) is 158 cm³/mol. The molecule has 0 unspecified atom stereocenters. The van der Waals surface area contributed by atoms with Gasteiger partial charge in [0, 0.05) is 28.9 Å². The molecule has 3 aromatic rings. The second kappa shape index (κ2) is 10.9. The molecular weight excluding hydrogens is 498 g/mol. The smallest absolute Gasteiger partial charge is 0.337 e. The molecule has 0 atom stereocenters. The number of para-hydroxylation sites is 1. The van der Waals surface area contributed by atoms with Gasteiger partial charge in [0.1, 0.15) is 5.82 Å². The number of nitrogens with one attached hydrogen (secondary N) is 1. The van der Waals surface area contributed by atoms with E-state index in [1.165, 1.54) is 7.11 Å². The number of benzene rings is 2. The third-order valence-electron chi connectivity index (χ3n) is 7.47. The van der Waals surface area contributed by atoms with Crippen LogP contribution in [0.4, 0.5) is 11.5 Å². The molecule has 1 aliphatic heterocycles. The number of anilines is 2. The predicted octanol–water partition coefficient (Wildman–Crippen LogP) is 6.35. The van der Waals surface area contributed by atoms with E-state index in [1.807, 2.05) is 37.3 Å². The van der Waals surface area contributed by atoms with Crippen molar-refractivity contribution >= 4 is 44.6 Å². The molecule has 1 amide bonds. The van der Waals surface area contributed by atoms with Gasteiger partial charge in [-0.05, 0) is 62.1 Å². The van der Waals surface area contributed by atoms with Crippen LogP contribution in [0, 0.1) is 6.92 Å². The van der Waals surface area contributed by atoms with Crippen molar-refractivity contribution in [3.8, 4) is 0 Å². The van der Waals surface area contributed by atoms with Gasteiger partial charge in [0.05, 0.1) is 29.9 Å². The number of hydrogen-bond acceptors (Lipinski definition) is 6. The summed E-state index contributed by atoms with van der Waals surface area (Å²) in [5.41, 5.74) is 3.13. The Morgan fingerprint density at radius 3 is 2.39 bits per heavy atom. The third-order valence-corrected chi connectivity index (χ3v) is 11.2. The number of hydrogen-bond donors (Lipinski definition) is 1. The number of nitrogens with zero attached hydrogens (tertiary/aromatic N) is 2. The first-order valence-corrected chi connectivity index (χ1v) is 15.3. The number of rotatable bonds is 6. The van der Waals surface area contributed by atoms with E-state index < -0.39 is 16.3 Å². The highest BCUT2D eigenvalue weighted by Crippen LogP contribution is 2.55. The second-order valence-electron chi connectivity index (χ2n) is 11.1. The minimum absolute atomic E-state index is 0.126. The van der Waals surface area contributed by atoms with Gasteiger partial charge in [-0.15, -0.1) is 10.3 Å². The van der Waals surface area contributed by atoms with Crippen LogP contribution in [0.5, 0.6) is 0 Å². The molecule has 0 aliphatic carbocycles. The summed E-state index contributed by atoms with van der Waals surface area (Å²) in [5, 5.41) is 3.79. The molecule has 7 nitrogen and oxygen atoms in total. The first kappa shape index (κ1) is 27.9. The van der Waals surface area contributed by atoms with Crippen molar-refractivity contribution in [2.45, 2.75) is 51.4 Å². The maximum atomic E-state index is 13.6. The number of fused-ring (bicyclic) bond motifs is 1. The van der Waals surface area contributed by atoms with E-state index in [9.17, 15) is 9.59 Å². The fourth-order valence-electron chi connectivity index (χ4n) is 4.37. The summed E-state index contributed by atoms with van der Waals surface area (Å²) in [5.74, 6) is 0.0930. The van der Waals surface area contributed by atoms with E-state index in [0.717, 1.165) is 48.2 Å². The molecule has 0 saturated carbocycles. The van der Waals surface area contributed by atoms with Gasteiger partial charge >= 0.3 is 5.97 Å². The largest absolute Gasteiger partial charge is 0.465 e. The molecule has 0 spiro atoms. The van der Waals surface area contributed by atoms with E-state index in [0.29, 0.717) is 16.8 Å². The number of aryl methyl sites for hydroxylation is 1. The number of piperidine rings is 1. The minimum atomic E-state index is -1.19. The molecule has 1 fully saturated rings. The van der Waals surface area contributed by atoms with Crippen LogP contribution in [0.2, 0.25) is 0 Å². The van der Waals surface area contributed by atoms with Crippen molar-refractivity contribution in [1.29, 1.82) is 0 Å². The van der Waals surface area contributed by atoms with Crippen molar-refractivity contribution in [3.63, 3.8) is 0 Å². The van der Waals surface area contributed by atoms with E-state index in [-0.39, 0.29) is 16.8 Å². The average Bonchev–Trinajstić information content (AvgIpc) is 2.88. The van der Waals surface area contributed by atoms with Gasteiger partial charge in [-0.25, -0.2) is 9.78 Å². The number of carbonyl (C=O) groups excluding carboxylic acids is 2. The zero-order chi connectivity index (χ0) is 27.7. The maximum absolute atomic E-state index is 13.6. The van der Waals surface area contributed by atoms with E-state index in [2.05, 4.69) is 43.5 Å². The lowest BCUT2D eigenvalue weighted by molar-refractivity contribution is 0.0600. The molecule has 38 heavy (non-hydrogen) atoms. The quantitative estimate of drug-likeness (QED) is 0.369. The molecule has 4 rings (SSSR count). The van der Waals surface area contributed by atoms with Crippen LogP contribution >= 0.6 is 10.3 Å². The van der Waals surface area contributed by atoms with Crippen molar-refractivity contribution in [2.24, 2.45) is 0 Å². The van der Waals surface area contributed by atoms with Gasteiger partial charge in [-0.1, -0.05) is 45.0 Å². The fourth-order valence-corrected chi connectivity index (χ4v) is 5.53. The number of carbonyl (C=O) groups is 2. The van der Waals surface area contributed by atoms with Crippen molar-refractivity contribution in [3.05, 3.63) is 65.2 Å². The van der Waals surface area contributed by atoms with Crippen molar-refractivity contribution < 1.29 is 18.5 Å². The molecule has 1 aliphatic rings. The summed E-state index contributed by atoms with van der Waals surface area (Å²) in [6, 6.07) is 14.7. The summed E-state index contributed by atoms with van der Waals surface area (Å²) in [4.78, 5) is 32.7. The number of methoxy groups -OCH3 is 1. The fraction of sp³-hybridized carbons (Fsp3) is 0.433. The Morgan fingerprint density at radius 1 is 1.05 bits per heavy atom. The van der Waals surface area contributed by atoms with E-state index in [4.69, 9.17) is 13.9 Å². The molecule has 204 valence electrons. The highest BCUT2D eigenvalue weighted by molar-refractivity contribution is 8.29. The zero-order valence-electron chi connectivity index (χ0n) is 23.5. The van der Waals surface area contributed by atoms with Gasteiger partial charge in [0.25, 0.3) is 5.91 Å². The highest BCUT2D eigenvalue weighted by Gasteiger charge is 2.33. The summed E-state index contributed by atoms with van der Waals surface area (Å²) >= 11 is 0. The molecular formula is C30H39N3O4S. The zero-order valence-corrected chi connectivity index (χ0v) is 24.3. The van der Waals surface area contributed by atoms with Crippen LogP contribution in [0.15, 0.2) is 48.5 Å². The number of aromatic nitrogens is 1. The Kier molecular flexibility index (Phi) is 8.04. The molecule has 2 aromatic carbocycles. The van der Waals surface area contributed by atoms with Crippen molar-refractivity contribution in [2.75, 3.05) is 42.9 Å². The lowest BCUT2D eigenvalue weighted by Crippen LogP contribution is -2.39. The number of pyridine rings is 1. The van der Waals surface area contributed by atoms with Crippen LogP contribution in [-0.2, 0) is 8.92 Å². The van der Waals surface area contributed by atoms with Crippen LogP contribution in [0.25, 0.3) is 10.9 Å². The number of ether oxygens (including phenoxy) is 1. The molecule has 0 radical (unpaired) electrons. The maximum Gasteiger partial charge on any atom is 0.337 e. The third kappa shape index (κ3) is 5.97. The molecule has 1 aromatic heterocycles. The lowest BCUT2D eigenvalue weighted by atomic mass is 10.0. The highest BCUT2D eigenvalue weighted by atomic mass is 32.3. The van der Waals surface area contributed by atoms with E-state index in [1.54, 1.807) is 18.2 Å². The Morgan fingerprint density at radius 2 is 1.74 bits per heavy atom. The first-order valence-electron chi connectivity index (χ1n) is 13.0. The Bertz CT molecular complexity index is 1340. The molecule has 8 heteroatoms. The molecule has 0 bridgehead atoms. The van der Waals surface area contributed by atoms with Gasteiger partial charge < -0.3 is 19.1 Å².